The molecule has 1 aromatic rings. The van der Waals surface area contributed by atoms with Gasteiger partial charge in [-0.2, -0.15) is 0 Å². The van der Waals surface area contributed by atoms with Gasteiger partial charge in [-0.3, -0.25) is 14.9 Å². The lowest BCUT2D eigenvalue weighted by molar-refractivity contribution is -0.385. The van der Waals surface area contributed by atoms with E-state index < -0.39 is 4.92 Å². The number of hydrogen-bond acceptors (Lipinski definition) is 6. The Morgan fingerprint density at radius 1 is 1.65 bits per heavy atom. The smallest absolute Gasteiger partial charge is 0.287 e. The van der Waals surface area contributed by atoms with Crippen molar-refractivity contribution >= 4 is 17.4 Å². The van der Waals surface area contributed by atoms with Crippen LogP contribution in [0.25, 0.3) is 0 Å². The van der Waals surface area contributed by atoms with Crippen molar-refractivity contribution in [2.24, 2.45) is 0 Å². The molecule has 8 heteroatoms. The molecule has 1 unspecified atom stereocenters. The van der Waals surface area contributed by atoms with E-state index in [1.165, 1.54) is 12.3 Å². The van der Waals surface area contributed by atoms with Crippen LogP contribution in [0, 0.1) is 17.0 Å². The van der Waals surface area contributed by atoms with E-state index in [1.54, 1.807) is 14.0 Å². The number of nitrogens with one attached hydrogen (secondary N) is 2. The van der Waals surface area contributed by atoms with Crippen LogP contribution in [0.4, 0.5) is 11.5 Å². The van der Waals surface area contributed by atoms with E-state index in [1.807, 2.05) is 4.90 Å². The first kappa shape index (κ1) is 14.2. The SMILES string of the molecule is CNC(=O)C1CNCCN1c1ncc([N+](=O)[O-])cc1C. The van der Waals surface area contributed by atoms with E-state index in [9.17, 15) is 14.9 Å². The van der Waals surface area contributed by atoms with Gasteiger partial charge in [-0.1, -0.05) is 0 Å². The number of nitro groups is 1. The highest BCUT2D eigenvalue weighted by Crippen LogP contribution is 2.24. The number of aryl methyl sites for hydroxylation is 1. The molecule has 108 valence electrons. The van der Waals surface area contributed by atoms with Gasteiger partial charge in [-0.15, -0.1) is 0 Å². The molecule has 1 atom stereocenters. The van der Waals surface area contributed by atoms with Gasteiger partial charge in [-0.25, -0.2) is 4.98 Å². The van der Waals surface area contributed by atoms with E-state index in [-0.39, 0.29) is 17.6 Å². The summed E-state index contributed by atoms with van der Waals surface area (Å²) in [6.07, 6.45) is 1.23. The molecule has 0 bridgehead atoms. The van der Waals surface area contributed by atoms with Gasteiger partial charge in [-0.05, 0) is 12.5 Å². The van der Waals surface area contributed by atoms with Crippen LogP contribution < -0.4 is 15.5 Å². The molecule has 0 radical (unpaired) electrons. The molecule has 1 saturated heterocycles. The number of piperazine rings is 1. The first-order valence-corrected chi connectivity index (χ1v) is 6.34. The van der Waals surface area contributed by atoms with E-state index in [4.69, 9.17) is 0 Å². The van der Waals surface area contributed by atoms with E-state index in [0.717, 1.165) is 6.54 Å². The van der Waals surface area contributed by atoms with Gasteiger partial charge in [0.15, 0.2) is 0 Å². The monoisotopic (exact) mass is 279 g/mol. The third-order valence-electron chi connectivity index (χ3n) is 3.31. The third-order valence-corrected chi connectivity index (χ3v) is 3.31. The fourth-order valence-electron chi connectivity index (χ4n) is 2.31. The molecular formula is C12H17N5O3. The number of rotatable bonds is 3. The van der Waals surface area contributed by atoms with Crippen LogP contribution in [-0.4, -0.2) is 48.5 Å². The average Bonchev–Trinajstić information content (AvgIpc) is 2.46. The van der Waals surface area contributed by atoms with E-state index >= 15 is 0 Å². The molecule has 1 amide bonds. The number of carbonyl (C=O) groups excluding carboxylic acids is 1. The van der Waals surface area contributed by atoms with Crippen LogP contribution in [0.5, 0.6) is 0 Å². The predicted octanol–water partition coefficient (Wildman–Crippen LogP) is -0.178. The molecule has 0 spiro atoms. The highest BCUT2D eigenvalue weighted by atomic mass is 16.6. The number of anilines is 1. The number of nitrogens with zero attached hydrogens (tertiary/aromatic N) is 3. The Labute approximate surface area is 116 Å². The van der Waals surface area contributed by atoms with Crippen LogP contribution in [0.3, 0.4) is 0 Å². The van der Waals surface area contributed by atoms with Crippen molar-refractivity contribution in [3.05, 3.63) is 27.9 Å². The number of likely N-dealkylation sites (N-methyl/N-ethyl adjacent to an activating group) is 1. The minimum absolute atomic E-state index is 0.0436. The van der Waals surface area contributed by atoms with Crippen molar-refractivity contribution in [3.8, 4) is 0 Å². The number of amides is 1. The highest BCUT2D eigenvalue weighted by molar-refractivity contribution is 5.85. The summed E-state index contributed by atoms with van der Waals surface area (Å²) in [6, 6.07) is 1.12. The predicted molar refractivity (Wildman–Crippen MR) is 73.7 cm³/mol. The number of hydrogen-bond donors (Lipinski definition) is 2. The molecule has 20 heavy (non-hydrogen) atoms. The van der Waals surface area contributed by atoms with Crippen LogP contribution in [-0.2, 0) is 4.79 Å². The molecule has 1 fully saturated rings. The van der Waals surface area contributed by atoms with Gasteiger partial charge in [0.05, 0.1) is 4.92 Å². The first-order valence-electron chi connectivity index (χ1n) is 6.34. The summed E-state index contributed by atoms with van der Waals surface area (Å²) in [5.74, 6) is 0.516. The van der Waals surface area contributed by atoms with Gasteiger partial charge < -0.3 is 15.5 Å². The Kier molecular flexibility index (Phi) is 4.14. The zero-order chi connectivity index (χ0) is 14.7. The summed E-state index contributed by atoms with van der Waals surface area (Å²) in [5.41, 5.74) is 0.646. The maximum atomic E-state index is 11.9. The summed E-state index contributed by atoms with van der Waals surface area (Å²) in [7, 11) is 1.59. The van der Waals surface area contributed by atoms with E-state index in [0.29, 0.717) is 24.5 Å². The summed E-state index contributed by atoms with van der Waals surface area (Å²) in [5, 5.41) is 16.5. The molecule has 2 rings (SSSR count). The van der Waals surface area contributed by atoms with Crippen LogP contribution in [0.15, 0.2) is 12.3 Å². The summed E-state index contributed by atoms with van der Waals surface area (Å²) in [4.78, 5) is 28.2. The quantitative estimate of drug-likeness (QED) is 0.588. The van der Waals surface area contributed by atoms with Crippen LogP contribution >= 0.6 is 0 Å². The highest BCUT2D eigenvalue weighted by Gasteiger charge is 2.30. The Hall–Kier alpha value is -2.22. The Morgan fingerprint density at radius 2 is 2.40 bits per heavy atom. The lowest BCUT2D eigenvalue weighted by Gasteiger charge is -2.36. The molecule has 0 aliphatic carbocycles. The Morgan fingerprint density at radius 3 is 3.00 bits per heavy atom. The molecule has 1 aliphatic heterocycles. The molecule has 8 nitrogen and oxygen atoms in total. The minimum atomic E-state index is -0.474. The van der Waals surface area contributed by atoms with Crippen molar-refractivity contribution in [3.63, 3.8) is 0 Å². The van der Waals surface area contributed by atoms with E-state index in [2.05, 4.69) is 15.6 Å². The second-order valence-corrected chi connectivity index (χ2v) is 4.62. The molecular weight excluding hydrogens is 262 g/mol. The van der Waals surface area contributed by atoms with Gasteiger partial charge in [0.1, 0.15) is 18.1 Å². The van der Waals surface area contributed by atoms with Gasteiger partial charge in [0.25, 0.3) is 5.69 Å². The normalized spacial score (nSPS) is 18.7. The third kappa shape index (κ3) is 2.69. The number of pyridine rings is 1. The summed E-state index contributed by atoms with van der Waals surface area (Å²) in [6.45, 7) is 3.66. The van der Waals surface area contributed by atoms with Crippen molar-refractivity contribution in [1.82, 2.24) is 15.6 Å². The molecule has 2 heterocycles. The number of aromatic nitrogens is 1. The van der Waals surface area contributed by atoms with Crippen molar-refractivity contribution in [2.75, 3.05) is 31.6 Å². The largest absolute Gasteiger partial charge is 0.357 e. The lowest BCUT2D eigenvalue weighted by atomic mass is 10.1. The second kappa shape index (κ2) is 5.83. The molecule has 2 N–H and O–H groups in total. The molecule has 1 aromatic heterocycles. The average molecular weight is 279 g/mol. The number of carbonyl (C=O) groups is 1. The minimum Gasteiger partial charge on any atom is -0.357 e. The Balaban J connectivity index is 2.32. The van der Waals surface area contributed by atoms with Crippen LogP contribution in [0.1, 0.15) is 5.56 Å². The summed E-state index contributed by atoms with van der Waals surface area (Å²) >= 11 is 0. The fourth-order valence-corrected chi connectivity index (χ4v) is 2.31. The van der Waals surface area contributed by atoms with Gasteiger partial charge in [0.2, 0.25) is 5.91 Å². The van der Waals surface area contributed by atoms with Gasteiger partial charge >= 0.3 is 0 Å². The first-order chi connectivity index (χ1) is 9.54. The maximum Gasteiger partial charge on any atom is 0.287 e. The van der Waals surface area contributed by atoms with Crippen molar-refractivity contribution < 1.29 is 9.72 Å². The second-order valence-electron chi connectivity index (χ2n) is 4.62. The molecule has 0 aromatic carbocycles. The van der Waals surface area contributed by atoms with Crippen molar-refractivity contribution in [1.29, 1.82) is 0 Å². The molecule has 0 saturated carbocycles. The van der Waals surface area contributed by atoms with Crippen LogP contribution in [0.2, 0.25) is 0 Å². The standard InChI is InChI=1S/C12H17N5O3/c1-8-5-9(17(19)20)6-15-11(8)16-4-3-14-7-10(16)12(18)13-2/h5-6,10,14H,3-4,7H2,1-2H3,(H,13,18). The lowest BCUT2D eigenvalue weighted by Crippen LogP contribution is -2.58. The van der Waals surface area contributed by atoms with Gasteiger partial charge in [0, 0.05) is 32.7 Å². The van der Waals surface area contributed by atoms with Crippen molar-refractivity contribution in [2.45, 2.75) is 13.0 Å². The zero-order valence-corrected chi connectivity index (χ0v) is 11.4. The fraction of sp³-hybridized carbons (Fsp3) is 0.500. The summed E-state index contributed by atoms with van der Waals surface area (Å²) < 4.78 is 0. The molecule has 1 aliphatic rings. The Bertz CT molecular complexity index is 534. The maximum absolute atomic E-state index is 11.9. The topological polar surface area (TPSA) is 100 Å². The zero-order valence-electron chi connectivity index (χ0n) is 11.4.